The van der Waals surface area contributed by atoms with Gasteiger partial charge >= 0.3 is 0 Å². The van der Waals surface area contributed by atoms with Crippen LogP contribution in [0.1, 0.15) is 34.6 Å². The Morgan fingerprint density at radius 3 is 2.21 bits per heavy atom. The Morgan fingerprint density at radius 2 is 1.86 bits per heavy atom. The molecule has 0 unspecified atom stereocenters. The van der Waals surface area contributed by atoms with E-state index in [0.717, 1.165) is 0 Å². The molecule has 0 aliphatic carbocycles. The fraction of sp³-hybridized carbons (Fsp3) is 0.778. The van der Waals surface area contributed by atoms with Crippen LogP contribution in [0.5, 0.6) is 0 Å². The molecule has 0 radical (unpaired) electrons. The molecule has 78 valence electrons. The molecule has 0 atom stereocenters. The first-order valence-corrected chi connectivity index (χ1v) is 4.59. The molecule has 0 saturated heterocycles. The lowest BCUT2D eigenvalue weighted by molar-refractivity contribution is -0.795. The van der Waals surface area contributed by atoms with Gasteiger partial charge in [-0.3, -0.25) is 4.79 Å². The van der Waals surface area contributed by atoms with Crippen molar-refractivity contribution < 1.29 is 9.48 Å². The second kappa shape index (κ2) is 3.15. The van der Waals surface area contributed by atoms with Crippen LogP contribution in [-0.2, 0) is 10.3 Å². The van der Waals surface area contributed by atoms with E-state index in [-0.39, 0.29) is 11.2 Å². The van der Waals surface area contributed by atoms with Gasteiger partial charge in [0.2, 0.25) is 0 Å². The molecule has 5 nitrogen and oxygen atoms in total. The van der Waals surface area contributed by atoms with E-state index in [0.29, 0.717) is 0 Å². The SMILES string of the molecule is CC(C)(C)C(=O)C(C)(C)[n+]1cnn[nH]1. The van der Waals surface area contributed by atoms with Gasteiger partial charge in [0.15, 0.2) is 16.5 Å². The van der Waals surface area contributed by atoms with Crippen molar-refractivity contribution in [2.24, 2.45) is 5.41 Å². The number of hydrogen-bond donors (Lipinski definition) is 1. The van der Waals surface area contributed by atoms with Gasteiger partial charge in [-0.25, -0.2) is 0 Å². The van der Waals surface area contributed by atoms with Crippen molar-refractivity contribution in [3.8, 4) is 0 Å². The van der Waals surface area contributed by atoms with Crippen LogP contribution in [0, 0.1) is 5.41 Å². The van der Waals surface area contributed by atoms with Crippen molar-refractivity contribution in [2.75, 3.05) is 0 Å². The largest absolute Gasteiger partial charge is 0.295 e. The van der Waals surface area contributed by atoms with E-state index < -0.39 is 5.54 Å². The lowest BCUT2D eigenvalue weighted by atomic mass is 9.80. The van der Waals surface area contributed by atoms with E-state index in [1.807, 2.05) is 34.6 Å². The first-order chi connectivity index (χ1) is 6.26. The summed E-state index contributed by atoms with van der Waals surface area (Å²) in [7, 11) is 0. The van der Waals surface area contributed by atoms with E-state index in [1.54, 1.807) is 4.68 Å². The summed E-state index contributed by atoms with van der Waals surface area (Å²) in [5.41, 5.74) is -1.01. The number of carbonyl (C=O) groups excluding carboxylic acids is 1. The number of hydrogen-bond acceptors (Lipinski definition) is 3. The summed E-state index contributed by atoms with van der Waals surface area (Å²) in [4.78, 5) is 12.1. The van der Waals surface area contributed by atoms with Crippen molar-refractivity contribution in [1.29, 1.82) is 0 Å². The predicted molar refractivity (Wildman–Crippen MR) is 50.4 cm³/mol. The summed E-state index contributed by atoms with van der Waals surface area (Å²) >= 11 is 0. The molecule has 0 spiro atoms. The third-order valence-corrected chi connectivity index (χ3v) is 2.22. The van der Waals surface area contributed by atoms with Crippen LogP contribution in [0.3, 0.4) is 0 Å². The summed E-state index contributed by atoms with van der Waals surface area (Å²) < 4.78 is 1.61. The molecule has 1 rings (SSSR count). The Kier molecular flexibility index (Phi) is 2.43. The normalized spacial score (nSPS) is 12.9. The first kappa shape index (κ1) is 10.8. The summed E-state index contributed by atoms with van der Waals surface area (Å²) in [5.74, 6) is 0.140. The van der Waals surface area contributed by atoms with Gasteiger partial charge in [-0.15, -0.1) is 0 Å². The van der Waals surface area contributed by atoms with Gasteiger partial charge in [0, 0.05) is 5.41 Å². The van der Waals surface area contributed by atoms with E-state index in [2.05, 4.69) is 15.5 Å². The Morgan fingerprint density at radius 1 is 1.29 bits per heavy atom. The maximum Gasteiger partial charge on any atom is 0.289 e. The Bertz CT molecular complexity index is 321. The number of carbonyl (C=O) groups is 1. The van der Waals surface area contributed by atoms with E-state index in [1.165, 1.54) is 6.33 Å². The molecule has 14 heavy (non-hydrogen) atoms. The zero-order valence-electron chi connectivity index (χ0n) is 9.33. The topological polar surface area (TPSA) is 62.5 Å². The van der Waals surface area contributed by atoms with Crippen molar-refractivity contribution in [2.45, 2.75) is 40.2 Å². The van der Waals surface area contributed by atoms with Crippen LogP contribution in [0.4, 0.5) is 0 Å². The maximum atomic E-state index is 12.1. The lowest BCUT2D eigenvalue weighted by Crippen LogP contribution is -2.61. The number of ketones is 1. The van der Waals surface area contributed by atoms with E-state index in [9.17, 15) is 4.79 Å². The molecule has 0 fully saturated rings. The van der Waals surface area contributed by atoms with Crippen molar-refractivity contribution in [3.05, 3.63) is 6.33 Å². The molecule has 1 N–H and O–H groups in total. The van der Waals surface area contributed by atoms with Gasteiger partial charge in [0.1, 0.15) is 5.10 Å². The average Bonchev–Trinajstić information content (AvgIpc) is 2.53. The second-order valence-electron chi connectivity index (χ2n) is 4.94. The molecule has 0 aliphatic heterocycles. The van der Waals surface area contributed by atoms with Gasteiger partial charge in [-0.2, -0.15) is 4.68 Å². The Hall–Kier alpha value is -1.26. The molecule has 1 aromatic heterocycles. The fourth-order valence-electron chi connectivity index (χ4n) is 1.47. The summed E-state index contributed by atoms with van der Waals surface area (Å²) in [6, 6.07) is 0. The molecule has 0 saturated carbocycles. The van der Waals surface area contributed by atoms with Gasteiger partial charge in [0.05, 0.1) is 0 Å². The highest BCUT2D eigenvalue weighted by atomic mass is 16.1. The van der Waals surface area contributed by atoms with Gasteiger partial charge in [-0.1, -0.05) is 26.0 Å². The number of rotatable bonds is 2. The monoisotopic (exact) mass is 197 g/mol. The number of nitrogens with one attached hydrogen (secondary N) is 1. The number of H-pyrrole nitrogens is 1. The van der Waals surface area contributed by atoms with Crippen LogP contribution >= 0.6 is 0 Å². The third kappa shape index (κ3) is 1.81. The molecule has 0 aromatic carbocycles. The first-order valence-electron chi connectivity index (χ1n) is 4.59. The maximum absolute atomic E-state index is 12.1. The van der Waals surface area contributed by atoms with Crippen LogP contribution in [0.2, 0.25) is 0 Å². The molecular weight excluding hydrogens is 180 g/mol. The fourth-order valence-corrected chi connectivity index (χ4v) is 1.47. The lowest BCUT2D eigenvalue weighted by Gasteiger charge is -2.27. The van der Waals surface area contributed by atoms with Crippen LogP contribution < -0.4 is 4.68 Å². The van der Waals surface area contributed by atoms with Crippen LogP contribution in [-0.4, -0.2) is 21.3 Å². The molecular formula is C9H17N4O+. The molecule has 0 aliphatic rings. The number of aromatic amines is 1. The highest BCUT2D eigenvalue weighted by Crippen LogP contribution is 2.23. The summed E-state index contributed by atoms with van der Waals surface area (Å²) in [6.45, 7) is 9.41. The number of nitrogens with zero attached hydrogens (tertiary/aromatic N) is 3. The summed E-state index contributed by atoms with van der Waals surface area (Å²) in [6.07, 6.45) is 1.52. The van der Waals surface area contributed by atoms with Crippen LogP contribution in [0.25, 0.3) is 0 Å². The van der Waals surface area contributed by atoms with Gasteiger partial charge in [0.25, 0.3) is 6.33 Å². The number of Topliss-reactive ketones (excluding diaryl/α,β-unsaturated/α-hetero) is 1. The number of tetrazole rings is 1. The van der Waals surface area contributed by atoms with Crippen LogP contribution in [0.15, 0.2) is 6.33 Å². The van der Waals surface area contributed by atoms with Crippen molar-refractivity contribution >= 4 is 5.78 Å². The Balaban J connectivity index is 3.03. The molecule has 5 heteroatoms. The molecule has 1 aromatic rings. The predicted octanol–water partition coefficient (Wildman–Crippen LogP) is 0.442. The highest BCUT2D eigenvalue weighted by molar-refractivity contribution is 5.88. The zero-order chi connectivity index (χ0) is 11.0. The zero-order valence-corrected chi connectivity index (χ0v) is 9.33. The minimum absolute atomic E-state index is 0.140. The standard InChI is InChI=1S/C9H16N4O/c1-8(2,3)7(14)9(4,5)13-6-10-11-12-13/h6H,1-5H3/p+1. The minimum atomic E-state index is -0.637. The van der Waals surface area contributed by atoms with Crippen molar-refractivity contribution in [1.82, 2.24) is 15.5 Å². The van der Waals surface area contributed by atoms with E-state index in [4.69, 9.17) is 0 Å². The molecule has 0 bridgehead atoms. The third-order valence-electron chi connectivity index (χ3n) is 2.22. The second-order valence-corrected chi connectivity index (χ2v) is 4.94. The Labute approximate surface area is 83.5 Å². The minimum Gasteiger partial charge on any atom is -0.295 e. The van der Waals surface area contributed by atoms with Gasteiger partial charge in [-0.05, 0) is 13.8 Å². The highest BCUT2D eigenvalue weighted by Gasteiger charge is 2.41. The molecule has 0 amide bonds. The number of aromatic nitrogens is 4. The molecule has 1 heterocycles. The summed E-state index contributed by atoms with van der Waals surface area (Å²) in [5, 5.41) is 9.91. The quantitative estimate of drug-likeness (QED) is 0.700. The smallest absolute Gasteiger partial charge is 0.289 e. The average molecular weight is 197 g/mol. The van der Waals surface area contributed by atoms with Gasteiger partial charge < -0.3 is 0 Å². The van der Waals surface area contributed by atoms with E-state index >= 15 is 0 Å². The van der Waals surface area contributed by atoms with Crippen molar-refractivity contribution in [3.63, 3.8) is 0 Å².